The fourth-order valence-electron chi connectivity index (χ4n) is 0.864. The molecule has 9 heavy (non-hydrogen) atoms. The van der Waals surface area contributed by atoms with E-state index in [1.54, 1.807) is 0 Å². The van der Waals surface area contributed by atoms with Crippen molar-refractivity contribution >= 4 is 0 Å². The highest BCUT2D eigenvalue weighted by Gasteiger charge is 1.97. The van der Waals surface area contributed by atoms with Gasteiger partial charge in [-0.15, -0.1) is 0 Å². The Labute approximate surface area is 55.6 Å². The molecule has 0 atom stereocenters. The molecule has 0 spiro atoms. The summed E-state index contributed by atoms with van der Waals surface area (Å²) in [6.07, 6.45) is 2.47. The van der Waals surface area contributed by atoms with E-state index in [0.29, 0.717) is 0 Å². The molecule has 1 aliphatic rings. The fourth-order valence-corrected chi connectivity index (χ4v) is 0.864. The topological polar surface area (TPSA) is 24.1 Å². The van der Waals surface area contributed by atoms with Crippen LogP contribution in [-0.4, -0.2) is 13.1 Å². The third-order valence-electron chi connectivity index (χ3n) is 1.38. The Bertz CT molecular complexity index is 124. The van der Waals surface area contributed by atoms with Crippen molar-refractivity contribution in [1.29, 1.82) is 0 Å². The highest BCUT2D eigenvalue weighted by atomic mass is 15.1. The third kappa shape index (κ3) is 1.82. The van der Waals surface area contributed by atoms with Crippen LogP contribution < -0.4 is 10.6 Å². The molecular formula is C7H12N2. The zero-order valence-electron chi connectivity index (χ0n) is 5.54. The van der Waals surface area contributed by atoms with Gasteiger partial charge < -0.3 is 10.6 Å². The molecule has 0 aromatic heterocycles. The minimum Gasteiger partial charge on any atom is -0.365 e. The summed E-state index contributed by atoms with van der Waals surface area (Å²) in [6.45, 7) is 5.63. The van der Waals surface area contributed by atoms with Gasteiger partial charge >= 0.3 is 0 Å². The summed E-state index contributed by atoms with van der Waals surface area (Å²) in [6, 6.07) is 0. The van der Waals surface area contributed by atoms with E-state index in [0.717, 1.165) is 18.9 Å². The van der Waals surface area contributed by atoms with Crippen LogP contribution in [0.4, 0.5) is 0 Å². The Morgan fingerprint density at radius 2 is 1.78 bits per heavy atom. The second-order valence-corrected chi connectivity index (χ2v) is 2.11. The van der Waals surface area contributed by atoms with E-state index in [2.05, 4.69) is 22.9 Å². The largest absolute Gasteiger partial charge is 0.365 e. The molecular weight excluding hydrogens is 112 g/mol. The van der Waals surface area contributed by atoms with Crippen molar-refractivity contribution in [1.82, 2.24) is 10.6 Å². The van der Waals surface area contributed by atoms with Gasteiger partial charge in [-0.25, -0.2) is 0 Å². The number of nitrogens with one attached hydrogen (secondary N) is 2. The molecule has 1 fully saturated rings. The average molecular weight is 124 g/mol. The predicted molar refractivity (Wildman–Crippen MR) is 37.9 cm³/mol. The van der Waals surface area contributed by atoms with Crippen LogP contribution in [0.25, 0.3) is 0 Å². The Kier molecular flexibility index (Phi) is 2.22. The molecule has 2 nitrogen and oxygen atoms in total. The predicted octanol–water partition coefficient (Wildman–Crippen LogP) is 0.586. The maximum Gasteiger partial charge on any atom is 0.143 e. The molecule has 0 aromatic carbocycles. The summed E-state index contributed by atoms with van der Waals surface area (Å²) in [4.78, 5) is 0. The van der Waals surface area contributed by atoms with Crippen molar-refractivity contribution in [2.75, 3.05) is 13.1 Å². The first-order valence-corrected chi connectivity index (χ1v) is 3.31. The van der Waals surface area contributed by atoms with Gasteiger partial charge in [0.2, 0.25) is 0 Å². The first-order valence-electron chi connectivity index (χ1n) is 3.31. The first kappa shape index (κ1) is 6.24. The molecule has 50 valence electrons. The fraction of sp³-hybridized carbons (Fsp3) is 0.571. The monoisotopic (exact) mass is 124 g/mol. The normalized spacial score (nSPS) is 18.9. The van der Waals surface area contributed by atoms with Crippen LogP contribution in [0.1, 0.15) is 12.8 Å². The van der Waals surface area contributed by atoms with Crippen molar-refractivity contribution in [3.8, 4) is 0 Å². The molecule has 1 aliphatic heterocycles. The van der Waals surface area contributed by atoms with Crippen LogP contribution in [-0.2, 0) is 0 Å². The van der Waals surface area contributed by atoms with Gasteiger partial charge in [-0.3, -0.25) is 0 Å². The van der Waals surface area contributed by atoms with E-state index in [4.69, 9.17) is 0 Å². The van der Waals surface area contributed by atoms with Gasteiger partial charge in [0, 0.05) is 13.1 Å². The zero-order valence-corrected chi connectivity index (χ0v) is 5.54. The summed E-state index contributed by atoms with van der Waals surface area (Å²) in [5, 5.41) is 6.33. The lowest BCUT2D eigenvalue weighted by atomic mass is 10.3. The molecule has 0 aliphatic carbocycles. The molecule has 0 saturated carbocycles. The standard InChI is InChI=1S/C7H12N2/c1-2-7-8-5-3-4-6-9-7/h8-9H,1,3-6H2. The van der Waals surface area contributed by atoms with Gasteiger partial charge in [-0.05, 0) is 12.8 Å². The van der Waals surface area contributed by atoms with Crippen molar-refractivity contribution < 1.29 is 0 Å². The zero-order chi connectivity index (χ0) is 6.53. The minimum absolute atomic E-state index is 0.951. The van der Waals surface area contributed by atoms with Crippen molar-refractivity contribution in [3.05, 3.63) is 18.1 Å². The summed E-state index contributed by atoms with van der Waals surface area (Å²) in [5.74, 6) is 0.951. The van der Waals surface area contributed by atoms with Crippen LogP contribution in [0.5, 0.6) is 0 Å². The van der Waals surface area contributed by atoms with Crippen molar-refractivity contribution in [2.24, 2.45) is 0 Å². The second kappa shape index (κ2) is 3.21. The summed E-state index contributed by atoms with van der Waals surface area (Å²) < 4.78 is 0. The van der Waals surface area contributed by atoms with Gasteiger partial charge in [0.05, 0.1) is 0 Å². The van der Waals surface area contributed by atoms with Gasteiger partial charge in [0.1, 0.15) is 5.82 Å². The quantitative estimate of drug-likeness (QED) is 0.462. The smallest absolute Gasteiger partial charge is 0.143 e. The van der Waals surface area contributed by atoms with E-state index < -0.39 is 0 Å². The van der Waals surface area contributed by atoms with Crippen molar-refractivity contribution in [2.45, 2.75) is 12.8 Å². The Balaban J connectivity index is 2.45. The highest BCUT2D eigenvalue weighted by Crippen LogP contribution is 1.92. The highest BCUT2D eigenvalue weighted by molar-refractivity contribution is 4.94. The van der Waals surface area contributed by atoms with Crippen LogP contribution in [0.2, 0.25) is 0 Å². The van der Waals surface area contributed by atoms with Crippen LogP contribution >= 0.6 is 0 Å². The van der Waals surface area contributed by atoms with Crippen molar-refractivity contribution in [3.63, 3.8) is 0 Å². The molecule has 2 heteroatoms. The maximum atomic E-state index is 3.54. The summed E-state index contributed by atoms with van der Waals surface area (Å²) in [5.41, 5.74) is 2.79. The molecule has 2 N–H and O–H groups in total. The van der Waals surface area contributed by atoms with Gasteiger partial charge in [-0.1, -0.05) is 12.3 Å². The SMILES string of the molecule is C=C=C1NCCCCN1. The van der Waals surface area contributed by atoms with Gasteiger partial charge in [0.25, 0.3) is 0 Å². The number of hydrogen-bond donors (Lipinski definition) is 2. The lowest BCUT2D eigenvalue weighted by Crippen LogP contribution is -2.22. The van der Waals surface area contributed by atoms with Crippen LogP contribution in [0.15, 0.2) is 18.1 Å². The van der Waals surface area contributed by atoms with Crippen LogP contribution in [0, 0.1) is 0 Å². The molecule has 1 heterocycles. The van der Waals surface area contributed by atoms with E-state index in [-0.39, 0.29) is 0 Å². The Hall–Kier alpha value is -0.880. The van der Waals surface area contributed by atoms with Gasteiger partial charge in [0.15, 0.2) is 0 Å². The van der Waals surface area contributed by atoms with E-state index in [9.17, 15) is 0 Å². The molecule has 0 unspecified atom stereocenters. The molecule has 0 radical (unpaired) electrons. The molecule has 1 saturated heterocycles. The van der Waals surface area contributed by atoms with Crippen LogP contribution in [0.3, 0.4) is 0 Å². The molecule has 0 bridgehead atoms. The summed E-state index contributed by atoms with van der Waals surface area (Å²) >= 11 is 0. The Morgan fingerprint density at radius 3 is 2.22 bits per heavy atom. The Morgan fingerprint density at radius 1 is 1.22 bits per heavy atom. The van der Waals surface area contributed by atoms with Gasteiger partial charge in [-0.2, -0.15) is 0 Å². The van der Waals surface area contributed by atoms with E-state index in [1.807, 2.05) is 0 Å². The minimum atomic E-state index is 0.951. The maximum absolute atomic E-state index is 3.54. The molecule has 0 amide bonds. The average Bonchev–Trinajstić information content (AvgIpc) is 2.13. The third-order valence-corrected chi connectivity index (χ3v) is 1.38. The molecule has 0 aromatic rings. The number of hydrogen-bond acceptors (Lipinski definition) is 2. The lowest BCUT2D eigenvalue weighted by Gasteiger charge is -2.02. The molecule has 1 rings (SSSR count). The summed E-state index contributed by atoms with van der Waals surface area (Å²) in [7, 11) is 0. The number of rotatable bonds is 0. The van der Waals surface area contributed by atoms with E-state index >= 15 is 0 Å². The van der Waals surface area contributed by atoms with E-state index in [1.165, 1.54) is 12.8 Å². The first-order chi connectivity index (χ1) is 4.43. The second-order valence-electron chi connectivity index (χ2n) is 2.11. The lowest BCUT2D eigenvalue weighted by molar-refractivity contribution is 0.742.